The largest absolute Gasteiger partial charge is 0.507 e. The van der Waals surface area contributed by atoms with Crippen LogP contribution in [0.4, 0.5) is 0 Å². The minimum atomic E-state index is -0.391. The highest BCUT2D eigenvalue weighted by molar-refractivity contribution is 9.10. The van der Waals surface area contributed by atoms with E-state index in [0.29, 0.717) is 28.1 Å². The lowest BCUT2D eigenvalue weighted by Crippen LogP contribution is -2.16. The van der Waals surface area contributed by atoms with Gasteiger partial charge in [-0.2, -0.15) is 5.10 Å². The average Bonchev–Trinajstić information content (AvgIpc) is 3.12. The summed E-state index contributed by atoms with van der Waals surface area (Å²) < 4.78 is 8.20. The van der Waals surface area contributed by atoms with Gasteiger partial charge in [0.2, 0.25) is 4.80 Å². The third kappa shape index (κ3) is 3.94. The van der Waals surface area contributed by atoms with Crippen molar-refractivity contribution in [1.82, 2.24) is 4.57 Å². The van der Waals surface area contributed by atoms with Crippen molar-refractivity contribution in [3.63, 3.8) is 0 Å². The molecular weight excluding hydrogens is 454 g/mol. The SMILES string of the molecule is CCn1c(-c2cc3ccccc3oc2=O)cs/c1=N/N=C/c1cc(Br)ccc1O. The predicted molar refractivity (Wildman–Crippen MR) is 118 cm³/mol. The number of aromatic hydroxyl groups is 1. The van der Waals surface area contributed by atoms with E-state index >= 15 is 0 Å². The summed E-state index contributed by atoms with van der Waals surface area (Å²) in [4.78, 5) is 13.2. The minimum Gasteiger partial charge on any atom is -0.507 e. The molecule has 4 rings (SSSR count). The van der Waals surface area contributed by atoms with Crippen LogP contribution in [0, 0.1) is 0 Å². The standard InChI is InChI=1S/C21H16BrN3O3S/c1-2-25-17(16-10-13-5-3-4-6-19(13)28-20(16)27)12-29-21(25)24-23-11-14-9-15(22)7-8-18(14)26/h3-12,26H,2H2,1H3/b23-11+,24-21+. The van der Waals surface area contributed by atoms with E-state index in [9.17, 15) is 9.90 Å². The van der Waals surface area contributed by atoms with E-state index in [1.807, 2.05) is 41.1 Å². The van der Waals surface area contributed by atoms with Crippen LogP contribution in [0.25, 0.3) is 22.2 Å². The second kappa shape index (κ2) is 8.18. The zero-order valence-electron chi connectivity index (χ0n) is 15.4. The fraction of sp³-hybridized carbons (Fsp3) is 0.0952. The summed E-state index contributed by atoms with van der Waals surface area (Å²) in [7, 11) is 0. The number of phenolic OH excluding ortho intramolecular Hbond substituents is 1. The summed E-state index contributed by atoms with van der Waals surface area (Å²) >= 11 is 4.75. The highest BCUT2D eigenvalue weighted by Crippen LogP contribution is 2.22. The van der Waals surface area contributed by atoms with E-state index in [2.05, 4.69) is 26.1 Å². The first-order valence-electron chi connectivity index (χ1n) is 8.84. The molecule has 0 spiro atoms. The number of para-hydroxylation sites is 1. The monoisotopic (exact) mass is 469 g/mol. The second-order valence-electron chi connectivity index (χ2n) is 6.18. The molecule has 0 aliphatic carbocycles. The van der Waals surface area contributed by atoms with Gasteiger partial charge in [0.15, 0.2) is 0 Å². The van der Waals surface area contributed by atoms with E-state index < -0.39 is 5.63 Å². The molecular formula is C21H16BrN3O3S. The highest BCUT2D eigenvalue weighted by atomic mass is 79.9. The van der Waals surface area contributed by atoms with Crippen LogP contribution in [-0.4, -0.2) is 15.9 Å². The Bertz CT molecular complexity index is 1350. The van der Waals surface area contributed by atoms with Gasteiger partial charge in [0.25, 0.3) is 0 Å². The number of hydrogen-bond donors (Lipinski definition) is 1. The number of phenols is 1. The van der Waals surface area contributed by atoms with Gasteiger partial charge in [-0.25, -0.2) is 4.79 Å². The quantitative estimate of drug-likeness (QED) is 0.266. The lowest BCUT2D eigenvalue weighted by Gasteiger charge is -2.05. The van der Waals surface area contributed by atoms with Crippen molar-refractivity contribution >= 4 is 44.5 Å². The number of fused-ring (bicyclic) bond motifs is 1. The maximum Gasteiger partial charge on any atom is 0.345 e. The Labute approximate surface area is 178 Å². The molecule has 0 amide bonds. The Kier molecular flexibility index (Phi) is 5.46. The van der Waals surface area contributed by atoms with Crippen LogP contribution in [0.15, 0.2) is 77.8 Å². The highest BCUT2D eigenvalue weighted by Gasteiger charge is 2.13. The van der Waals surface area contributed by atoms with E-state index in [0.717, 1.165) is 15.6 Å². The summed E-state index contributed by atoms with van der Waals surface area (Å²) in [5.41, 5.74) is 1.94. The van der Waals surface area contributed by atoms with Gasteiger partial charge in [0.1, 0.15) is 11.3 Å². The molecule has 6 nitrogen and oxygen atoms in total. The van der Waals surface area contributed by atoms with Crippen LogP contribution in [-0.2, 0) is 6.54 Å². The molecule has 146 valence electrons. The molecule has 0 radical (unpaired) electrons. The Morgan fingerprint density at radius 3 is 2.90 bits per heavy atom. The lowest BCUT2D eigenvalue weighted by atomic mass is 10.1. The van der Waals surface area contributed by atoms with Gasteiger partial charge in [0.05, 0.1) is 17.5 Å². The molecule has 0 aliphatic rings. The first-order chi connectivity index (χ1) is 14.1. The summed E-state index contributed by atoms with van der Waals surface area (Å²) in [6.45, 7) is 2.59. The number of thiazole rings is 1. The maximum atomic E-state index is 12.5. The van der Waals surface area contributed by atoms with Crippen molar-refractivity contribution in [1.29, 1.82) is 0 Å². The molecule has 0 bridgehead atoms. The van der Waals surface area contributed by atoms with E-state index in [-0.39, 0.29) is 5.75 Å². The fourth-order valence-electron chi connectivity index (χ4n) is 2.94. The Balaban J connectivity index is 1.76. The first-order valence-corrected chi connectivity index (χ1v) is 10.5. The first kappa shape index (κ1) is 19.4. The van der Waals surface area contributed by atoms with Gasteiger partial charge in [-0.1, -0.05) is 34.1 Å². The lowest BCUT2D eigenvalue weighted by molar-refractivity contribution is 0.474. The zero-order valence-corrected chi connectivity index (χ0v) is 17.8. The van der Waals surface area contributed by atoms with Crippen LogP contribution in [0.3, 0.4) is 0 Å². The number of rotatable bonds is 4. The van der Waals surface area contributed by atoms with Crippen molar-refractivity contribution in [2.45, 2.75) is 13.5 Å². The van der Waals surface area contributed by atoms with Crippen molar-refractivity contribution in [3.8, 4) is 17.0 Å². The molecule has 0 atom stereocenters. The number of nitrogens with zero attached hydrogens (tertiary/aromatic N) is 3. The van der Waals surface area contributed by atoms with Gasteiger partial charge in [-0.3, -0.25) is 0 Å². The summed E-state index contributed by atoms with van der Waals surface area (Å²) in [6, 6.07) is 14.3. The Morgan fingerprint density at radius 1 is 1.24 bits per heavy atom. The van der Waals surface area contributed by atoms with Crippen LogP contribution < -0.4 is 10.4 Å². The number of halogens is 1. The van der Waals surface area contributed by atoms with E-state index in [1.165, 1.54) is 17.6 Å². The van der Waals surface area contributed by atoms with Crippen molar-refractivity contribution in [2.24, 2.45) is 10.2 Å². The normalized spacial score (nSPS) is 12.3. The fourth-order valence-corrected chi connectivity index (χ4v) is 4.24. The van der Waals surface area contributed by atoms with Crippen molar-refractivity contribution in [3.05, 3.63) is 79.2 Å². The van der Waals surface area contributed by atoms with Crippen LogP contribution >= 0.6 is 27.3 Å². The molecule has 0 fully saturated rings. The minimum absolute atomic E-state index is 0.121. The topological polar surface area (TPSA) is 80.1 Å². The van der Waals surface area contributed by atoms with Crippen molar-refractivity contribution in [2.75, 3.05) is 0 Å². The molecule has 0 aliphatic heterocycles. The van der Waals surface area contributed by atoms with Crippen LogP contribution in [0.1, 0.15) is 12.5 Å². The smallest absolute Gasteiger partial charge is 0.345 e. The van der Waals surface area contributed by atoms with E-state index in [4.69, 9.17) is 4.42 Å². The molecule has 4 aromatic rings. The zero-order chi connectivity index (χ0) is 20.4. The molecule has 29 heavy (non-hydrogen) atoms. The molecule has 0 saturated heterocycles. The molecule has 0 saturated carbocycles. The molecule has 8 heteroatoms. The average molecular weight is 470 g/mol. The van der Waals surface area contributed by atoms with Crippen molar-refractivity contribution < 1.29 is 9.52 Å². The predicted octanol–water partition coefficient (Wildman–Crippen LogP) is 4.75. The van der Waals surface area contributed by atoms with Gasteiger partial charge in [-0.15, -0.1) is 16.4 Å². The van der Waals surface area contributed by atoms with Gasteiger partial charge in [0, 0.05) is 27.3 Å². The van der Waals surface area contributed by atoms with Gasteiger partial charge >= 0.3 is 5.63 Å². The summed E-state index contributed by atoms with van der Waals surface area (Å²) in [5.74, 6) is 0.121. The maximum absolute atomic E-state index is 12.5. The van der Waals surface area contributed by atoms with Gasteiger partial charge < -0.3 is 14.1 Å². The third-order valence-corrected chi connectivity index (χ3v) is 5.71. The number of hydrogen-bond acceptors (Lipinski definition) is 6. The van der Waals surface area contributed by atoms with Gasteiger partial charge in [-0.05, 0) is 37.3 Å². The summed E-state index contributed by atoms with van der Waals surface area (Å²) in [6.07, 6.45) is 1.49. The van der Waals surface area contributed by atoms with Crippen LogP contribution in [0.2, 0.25) is 0 Å². The molecule has 2 aromatic heterocycles. The van der Waals surface area contributed by atoms with E-state index in [1.54, 1.807) is 24.3 Å². The van der Waals surface area contributed by atoms with Crippen LogP contribution in [0.5, 0.6) is 5.75 Å². The molecule has 0 unspecified atom stereocenters. The number of aromatic nitrogens is 1. The second-order valence-corrected chi connectivity index (χ2v) is 7.93. The molecule has 2 heterocycles. The Hall–Kier alpha value is -2.97. The summed E-state index contributed by atoms with van der Waals surface area (Å²) in [5, 5.41) is 21.0. The third-order valence-electron chi connectivity index (χ3n) is 4.36. The molecule has 1 N–H and O–H groups in total. The Morgan fingerprint density at radius 2 is 2.07 bits per heavy atom. The molecule has 2 aromatic carbocycles. The number of benzene rings is 2.